The number of carbonyl (C=O) groups excluding carboxylic acids is 1. The van der Waals surface area contributed by atoms with Gasteiger partial charge in [0.2, 0.25) is 15.9 Å². The molecule has 0 radical (unpaired) electrons. The molecule has 2 aromatic rings. The molecule has 1 aliphatic rings. The Labute approximate surface area is 179 Å². The van der Waals surface area contributed by atoms with Crippen LogP contribution in [-0.4, -0.2) is 49.7 Å². The summed E-state index contributed by atoms with van der Waals surface area (Å²) in [6.45, 7) is 5.81. The molecular formula is C23H31N3O3S. The lowest BCUT2D eigenvalue weighted by molar-refractivity contribution is -0.120. The summed E-state index contributed by atoms with van der Waals surface area (Å²) in [5.74, 6) is -0.127. The van der Waals surface area contributed by atoms with E-state index < -0.39 is 10.0 Å². The number of likely N-dealkylation sites (N-methyl/N-ethyl adjacent to an activating group) is 1. The third kappa shape index (κ3) is 5.28. The van der Waals surface area contributed by atoms with Crippen molar-refractivity contribution in [3.05, 3.63) is 59.7 Å². The van der Waals surface area contributed by atoms with Gasteiger partial charge in [0.15, 0.2) is 0 Å². The lowest BCUT2D eigenvalue weighted by Crippen LogP contribution is -2.39. The minimum atomic E-state index is -3.44. The topological polar surface area (TPSA) is 69.7 Å². The van der Waals surface area contributed by atoms with Crippen molar-refractivity contribution in [1.82, 2.24) is 9.21 Å². The van der Waals surface area contributed by atoms with E-state index in [0.29, 0.717) is 25.3 Å². The van der Waals surface area contributed by atoms with Gasteiger partial charge in [0.1, 0.15) is 0 Å². The highest BCUT2D eigenvalue weighted by molar-refractivity contribution is 7.89. The van der Waals surface area contributed by atoms with Gasteiger partial charge in [-0.1, -0.05) is 31.2 Å². The Morgan fingerprint density at radius 3 is 2.17 bits per heavy atom. The van der Waals surface area contributed by atoms with Gasteiger partial charge in [0.25, 0.3) is 0 Å². The van der Waals surface area contributed by atoms with Gasteiger partial charge in [-0.3, -0.25) is 9.69 Å². The van der Waals surface area contributed by atoms with Crippen LogP contribution in [0.3, 0.4) is 0 Å². The number of rotatable bonds is 8. The summed E-state index contributed by atoms with van der Waals surface area (Å²) in [5.41, 5.74) is 3.04. The Bertz CT molecular complexity index is 950. The first kappa shape index (κ1) is 22.5. The smallest absolute Gasteiger partial charge is 0.243 e. The van der Waals surface area contributed by atoms with E-state index >= 15 is 0 Å². The standard InChI is InChI=1S/C23H31N3O3S/c1-4-19-7-9-20(10-8-19)17-25(3)18(2)23(27)24-21-11-13-22(14-12-21)30(28,29)26-15-5-6-16-26/h7-14,18H,4-6,15-17H2,1-3H3,(H,24,27)/t18-/m0/s1. The average molecular weight is 430 g/mol. The van der Waals surface area contributed by atoms with E-state index in [1.807, 2.05) is 18.9 Å². The van der Waals surface area contributed by atoms with Gasteiger partial charge < -0.3 is 5.32 Å². The number of nitrogens with one attached hydrogen (secondary N) is 1. The highest BCUT2D eigenvalue weighted by atomic mass is 32.2. The Hall–Kier alpha value is -2.22. The van der Waals surface area contributed by atoms with Gasteiger partial charge >= 0.3 is 0 Å². The number of aryl methyl sites for hydroxylation is 1. The maximum absolute atomic E-state index is 12.7. The summed E-state index contributed by atoms with van der Waals surface area (Å²) in [4.78, 5) is 14.9. The van der Waals surface area contributed by atoms with Crippen molar-refractivity contribution >= 4 is 21.6 Å². The van der Waals surface area contributed by atoms with Crippen LogP contribution in [0.5, 0.6) is 0 Å². The quantitative estimate of drug-likeness (QED) is 0.697. The SMILES string of the molecule is CCc1ccc(CN(C)[C@@H](C)C(=O)Nc2ccc(S(=O)(=O)N3CCCC3)cc2)cc1. The van der Waals surface area contributed by atoms with Crippen LogP contribution in [-0.2, 0) is 27.8 Å². The summed E-state index contributed by atoms with van der Waals surface area (Å²) in [6, 6.07) is 14.5. The van der Waals surface area contributed by atoms with E-state index in [2.05, 4.69) is 36.5 Å². The largest absolute Gasteiger partial charge is 0.325 e. The lowest BCUT2D eigenvalue weighted by Gasteiger charge is -2.24. The number of hydrogen-bond acceptors (Lipinski definition) is 4. The second kappa shape index (κ2) is 9.73. The van der Waals surface area contributed by atoms with E-state index in [0.717, 1.165) is 24.8 Å². The molecule has 1 atom stereocenters. The number of benzene rings is 2. The van der Waals surface area contributed by atoms with Gasteiger partial charge in [-0.2, -0.15) is 4.31 Å². The molecule has 7 heteroatoms. The van der Waals surface area contributed by atoms with Gasteiger partial charge in [0.05, 0.1) is 10.9 Å². The molecule has 1 amide bonds. The third-order valence-corrected chi connectivity index (χ3v) is 7.64. The zero-order chi connectivity index (χ0) is 21.7. The molecule has 0 unspecified atom stereocenters. The molecule has 1 saturated heterocycles. The molecule has 1 heterocycles. The number of amides is 1. The third-order valence-electron chi connectivity index (χ3n) is 5.73. The molecule has 1 aliphatic heterocycles. The van der Waals surface area contributed by atoms with Crippen molar-refractivity contribution in [2.75, 3.05) is 25.5 Å². The fourth-order valence-corrected chi connectivity index (χ4v) is 5.06. The van der Waals surface area contributed by atoms with Crippen LogP contribution in [0.1, 0.15) is 37.8 Å². The van der Waals surface area contributed by atoms with Gasteiger partial charge in [0, 0.05) is 25.3 Å². The Balaban J connectivity index is 1.59. The summed E-state index contributed by atoms with van der Waals surface area (Å²) >= 11 is 0. The summed E-state index contributed by atoms with van der Waals surface area (Å²) in [5, 5.41) is 2.89. The molecule has 1 N–H and O–H groups in total. The van der Waals surface area contributed by atoms with E-state index in [4.69, 9.17) is 0 Å². The second-order valence-corrected chi connectivity index (χ2v) is 9.82. The number of nitrogens with zero attached hydrogens (tertiary/aromatic N) is 2. The minimum Gasteiger partial charge on any atom is -0.325 e. The normalized spacial score (nSPS) is 16.0. The van der Waals surface area contributed by atoms with Gasteiger partial charge in [-0.25, -0.2) is 8.42 Å². The van der Waals surface area contributed by atoms with Crippen LogP contribution in [0.25, 0.3) is 0 Å². The molecular weight excluding hydrogens is 398 g/mol. The first-order chi connectivity index (χ1) is 14.3. The Morgan fingerprint density at radius 1 is 1.03 bits per heavy atom. The molecule has 6 nitrogen and oxygen atoms in total. The molecule has 2 aromatic carbocycles. The van der Waals surface area contributed by atoms with Crippen LogP contribution in [0.4, 0.5) is 5.69 Å². The molecule has 0 saturated carbocycles. The van der Waals surface area contributed by atoms with Gasteiger partial charge in [-0.15, -0.1) is 0 Å². The van der Waals surface area contributed by atoms with Crippen molar-refractivity contribution < 1.29 is 13.2 Å². The highest BCUT2D eigenvalue weighted by Crippen LogP contribution is 2.22. The Morgan fingerprint density at radius 2 is 1.60 bits per heavy atom. The Kier molecular flexibility index (Phi) is 7.28. The summed E-state index contributed by atoms with van der Waals surface area (Å²) in [7, 11) is -1.52. The van der Waals surface area contributed by atoms with Crippen molar-refractivity contribution in [2.24, 2.45) is 0 Å². The zero-order valence-electron chi connectivity index (χ0n) is 18.0. The molecule has 0 spiro atoms. The average Bonchev–Trinajstić information content (AvgIpc) is 3.30. The predicted octanol–water partition coefficient (Wildman–Crippen LogP) is 3.49. The lowest BCUT2D eigenvalue weighted by atomic mass is 10.1. The first-order valence-corrected chi connectivity index (χ1v) is 11.9. The monoisotopic (exact) mass is 429 g/mol. The minimum absolute atomic E-state index is 0.127. The fourth-order valence-electron chi connectivity index (χ4n) is 3.54. The molecule has 1 fully saturated rings. The van der Waals surface area contributed by atoms with Crippen molar-refractivity contribution in [3.8, 4) is 0 Å². The van der Waals surface area contributed by atoms with Crippen molar-refractivity contribution in [2.45, 2.75) is 50.6 Å². The van der Waals surface area contributed by atoms with Crippen LogP contribution in [0.2, 0.25) is 0 Å². The zero-order valence-corrected chi connectivity index (χ0v) is 18.8. The molecule has 0 bridgehead atoms. The fraction of sp³-hybridized carbons (Fsp3) is 0.435. The highest BCUT2D eigenvalue weighted by Gasteiger charge is 2.27. The van der Waals surface area contributed by atoms with E-state index in [9.17, 15) is 13.2 Å². The van der Waals surface area contributed by atoms with E-state index in [-0.39, 0.29) is 16.8 Å². The van der Waals surface area contributed by atoms with E-state index in [1.54, 1.807) is 24.3 Å². The maximum atomic E-state index is 12.7. The van der Waals surface area contributed by atoms with E-state index in [1.165, 1.54) is 9.87 Å². The molecule has 0 aliphatic carbocycles. The van der Waals surface area contributed by atoms with Crippen molar-refractivity contribution in [3.63, 3.8) is 0 Å². The second-order valence-electron chi connectivity index (χ2n) is 7.89. The number of sulfonamides is 1. The predicted molar refractivity (Wildman–Crippen MR) is 120 cm³/mol. The maximum Gasteiger partial charge on any atom is 0.243 e. The molecule has 3 rings (SSSR count). The van der Waals surface area contributed by atoms with Gasteiger partial charge in [-0.05, 0) is 68.6 Å². The molecule has 0 aromatic heterocycles. The van der Waals surface area contributed by atoms with Crippen LogP contribution in [0, 0.1) is 0 Å². The summed E-state index contributed by atoms with van der Waals surface area (Å²) < 4.78 is 26.7. The number of anilines is 1. The van der Waals surface area contributed by atoms with Crippen LogP contribution < -0.4 is 5.32 Å². The number of hydrogen-bond donors (Lipinski definition) is 1. The number of carbonyl (C=O) groups is 1. The molecule has 162 valence electrons. The van der Waals surface area contributed by atoms with Crippen molar-refractivity contribution in [1.29, 1.82) is 0 Å². The summed E-state index contributed by atoms with van der Waals surface area (Å²) in [6.07, 6.45) is 2.82. The molecule has 30 heavy (non-hydrogen) atoms. The first-order valence-electron chi connectivity index (χ1n) is 10.5. The van der Waals surface area contributed by atoms with Crippen LogP contribution >= 0.6 is 0 Å². The van der Waals surface area contributed by atoms with Crippen LogP contribution in [0.15, 0.2) is 53.4 Å².